The molecule has 0 saturated carbocycles. The lowest BCUT2D eigenvalue weighted by atomic mass is 10.2. The van der Waals surface area contributed by atoms with E-state index in [-0.39, 0.29) is 23.3 Å². The first-order chi connectivity index (χ1) is 5.67. The molecule has 4 heteroatoms. The number of alkyl halides is 1. The fourth-order valence-electron chi connectivity index (χ4n) is 0.674. The van der Waals surface area contributed by atoms with Crippen molar-refractivity contribution in [2.75, 3.05) is 11.9 Å². The van der Waals surface area contributed by atoms with E-state index in [2.05, 4.69) is 20.7 Å². The van der Waals surface area contributed by atoms with Gasteiger partial charge in [0, 0.05) is 0 Å². The Morgan fingerprint density at radius 1 is 1.50 bits per heavy atom. The zero-order chi connectivity index (χ0) is 9.56. The molecule has 0 amide bonds. The zero-order valence-electron chi connectivity index (χ0n) is 7.09. The summed E-state index contributed by atoms with van der Waals surface area (Å²) in [6.07, 6.45) is 1.46. The Morgan fingerprint density at radius 3 is 2.42 bits per heavy atom. The smallest absolute Gasteiger partial charge is 0.341 e. The van der Waals surface area contributed by atoms with Gasteiger partial charge in [-0.2, -0.15) is 0 Å². The third kappa shape index (κ3) is 3.17. The zero-order valence-corrected chi connectivity index (χ0v) is 8.68. The summed E-state index contributed by atoms with van der Waals surface area (Å²) in [4.78, 5) is 22.1. The van der Waals surface area contributed by atoms with Crippen LogP contribution in [0.3, 0.4) is 0 Å². The molecule has 0 radical (unpaired) electrons. The van der Waals surface area contributed by atoms with Crippen LogP contribution in [-0.2, 0) is 14.3 Å². The van der Waals surface area contributed by atoms with Crippen molar-refractivity contribution in [1.82, 2.24) is 0 Å². The van der Waals surface area contributed by atoms with E-state index in [4.69, 9.17) is 0 Å². The number of esters is 1. The van der Waals surface area contributed by atoms with Gasteiger partial charge in [0.05, 0.1) is 17.5 Å². The highest BCUT2D eigenvalue weighted by Gasteiger charge is 2.16. The summed E-state index contributed by atoms with van der Waals surface area (Å²) in [5.41, 5.74) is 0.105. The number of carbonyl (C=O) groups excluding carboxylic acids is 2. The maximum atomic E-state index is 11.0. The van der Waals surface area contributed by atoms with Crippen LogP contribution in [0.1, 0.15) is 13.8 Å². The molecule has 0 aromatic carbocycles. The monoisotopic (exact) mass is 234 g/mol. The quantitative estimate of drug-likeness (QED) is 0.243. The van der Waals surface area contributed by atoms with Crippen molar-refractivity contribution in [3.05, 3.63) is 11.6 Å². The fraction of sp³-hybridized carbons (Fsp3) is 0.500. The minimum Gasteiger partial charge on any atom is -0.462 e. The van der Waals surface area contributed by atoms with Gasteiger partial charge in [-0.05, 0) is 13.8 Å². The average Bonchev–Trinajstić information content (AvgIpc) is 2.06. The normalized spacial score (nSPS) is 11.1. The van der Waals surface area contributed by atoms with Gasteiger partial charge in [0.25, 0.3) is 0 Å². The second-order valence-electron chi connectivity index (χ2n) is 1.98. The maximum Gasteiger partial charge on any atom is 0.341 e. The van der Waals surface area contributed by atoms with Gasteiger partial charge in [-0.25, -0.2) is 4.79 Å². The van der Waals surface area contributed by atoms with Crippen molar-refractivity contribution < 1.29 is 14.3 Å². The number of Topliss-reactive ketones (excluding diaryl/α,β-unsaturated/α-hetero) is 1. The van der Waals surface area contributed by atoms with Gasteiger partial charge < -0.3 is 4.74 Å². The largest absolute Gasteiger partial charge is 0.462 e. The van der Waals surface area contributed by atoms with E-state index < -0.39 is 5.97 Å². The third-order valence-corrected chi connectivity index (χ3v) is 1.72. The van der Waals surface area contributed by atoms with E-state index in [1.807, 2.05) is 0 Å². The molecule has 0 aliphatic heterocycles. The minimum atomic E-state index is -0.551. The van der Waals surface area contributed by atoms with E-state index in [9.17, 15) is 9.59 Å². The number of halogens is 1. The highest BCUT2D eigenvalue weighted by molar-refractivity contribution is 9.09. The summed E-state index contributed by atoms with van der Waals surface area (Å²) < 4.78 is 4.67. The first kappa shape index (κ1) is 11.4. The highest BCUT2D eigenvalue weighted by atomic mass is 79.9. The van der Waals surface area contributed by atoms with Crippen LogP contribution < -0.4 is 0 Å². The first-order valence-electron chi connectivity index (χ1n) is 3.59. The summed E-state index contributed by atoms with van der Waals surface area (Å²) >= 11 is 2.98. The van der Waals surface area contributed by atoms with E-state index in [1.165, 1.54) is 6.08 Å². The van der Waals surface area contributed by atoms with E-state index in [1.54, 1.807) is 13.8 Å². The van der Waals surface area contributed by atoms with Crippen molar-refractivity contribution in [3.8, 4) is 0 Å². The Balaban J connectivity index is 4.37. The van der Waals surface area contributed by atoms with Gasteiger partial charge in [-0.3, -0.25) is 4.79 Å². The lowest BCUT2D eigenvalue weighted by Gasteiger charge is -2.02. The van der Waals surface area contributed by atoms with Crippen LogP contribution in [0, 0.1) is 0 Å². The minimum absolute atomic E-state index is 0.105. The molecule has 0 spiro atoms. The molecule has 0 aromatic rings. The van der Waals surface area contributed by atoms with Gasteiger partial charge in [0.15, 0.2) is 5.78 Å². The molecule has 0 aliphatic rings. The molecule has 0 bridgehead atoms. The third-order valence-electron chi connectivity index (χ3n) is 1.21. The number of ketones is 1. The number of hydrogen-bond donors (Lipinski definition) is 0. The van der Waals surface area contributed by atoms with Crippen LogP contribution in [0.25, 0.3) is 0 Å². The van der Waals surface area contributed by atoms with Crippen molar-refractivity contribution in [2.24, 2.45) is 0 Å². The molecular weight excluding hydrogens is 224 g/mol. The number of allylic oxidation sites excluding steroid dienone is 1. The number of carbonyl (C=O) groups is 2. The predicted molar refractivity (Wildman–Crippen MR) is 49.2 cm³/mol. The van der Waals surface area contributed by atoms with Gasteiger partial charge in [-0.15, -0.1) is 0 Å². The van der Waals surface area contributed by atoms with Crippen molar-refractivity contribution in [3.63, 3.8) is 0 Å². The molecule has 0 fully saturated rings. The summed E-state index contributed by atoms with van der Waals surface area (Å²) in [6.45, 7) is 3.61. The molecular formula is C8H11BrO3. The molecule has 0 aliphatic carbocycles. The molecule has 0 heterocycles. The molecule has 3 nitrogen and oxygen atoms in total. The van der Waals surface area contributed by atoms with E-state index in [0.29, 0.717) is 0 Å². The first-order valence-corrected chi connectivity index (χ1v) is 4.72. The summed E-state index contributed by atoms with van der Waals surface area (Å²) in [5.74, 6) is -0.805. The Labute approximate surface area is 79.9 Å². The standard InChI is InChI=1S/C8H11BrO3/c1-3-6(7(10)5-9)8(11)12-4-2/h3H,4-5H2,1-2H3. The van der Waals surface area contributed by atoms with E-state index in [0.717, 1.165) is 0 Å². The summed E-state index contributed by atoms with van der Waals surface area (Å²) in [6, 6.07) is 0. The molecule has 12 heavy (non-hydrogen) atoms. The van der Waals surface area contributed by atoms with Gasteiger partial charge in [0.2, 0.25) is 0 Å². The van der Waals surface area contributed by atoms with Crippen molar-refractivity contribution >= 4 is 27.7 Å². The average molecular weight is 235 g/mol. The Morgan fingerprint density at radius 2 is 2.08 bits per heavy atom. The molecule has 0 saturated heterocycles. The highest BCUT2D eigenvalue weighted by Crippen LogP contribution is 2.02. The van der Waals surface area contributed by atoms with Gasteiger partial charge in [0.1, 0.15) is 0 Å². The topological polar surface area (TPSA) is 43.4 Å². The Bertz CT molecular complexity index is 208. The van der Waals surface area contributed by atoms with Crippen LogP contribution in [0.4, 0.5) is 0 Å². The van der Waals surface area contributed by atoms with Crippen molar-refractivity contribution in [1.29, 1.82) is 0 Å². The van der Waals surface area contributed by atoms with Crippen LogP contribution >= 0.6 is 15.9 Å². The van der Waals surface area contributed by atoms with Crippen LogP contribution in [0.5, 0.6) is 0 Å². The molecule has 0 aromatic heterocycles. The number of hydrogen-bond acceptors (Lipinski definition) is 3. The molecule has 0 atom stereocenters. The van der Waals surface area contributed by atoms with Crippen LogP contribution in [0.15, 0.2) is 11.6 Å². The number of ether oxygens (including phenoxy) is 1. The summed E-state index contributed by atoms with van der Waals surface area (Å²) in [7, 11) is 0. The second kappa shape index (κ2) is 5.94. The van der Waals surface area contributed by atoms with Gasteiger partial charge >= 0.3 is 5.97 Å². The lowest BCUT2D eigenvalue weighted by Crippen LogP contribution is -2.16. The van der Waals surface area contributed by atoms with Crippen LogP contribution in [0.2, 0.25) is 0 Å². The lowest BCUT2D eigenvalue weighted by molar-refractivity contribution is -0.139. The SMILES string of the molecule is CC=C(C(=O)CBr)C(=O)OCC. The predicted octanol–water partition coefficient (Wildman–Crippen LogP) is 1.46. The number of rotatable bonds is 4. The molecule has 0 rings (SSSR count). The Hall–Kier alpha value is -0.640. The molecule has 68 valence electrons. The molecule has 0 unspecified atom stereocenters. The fourth-order valence-corrected chi connectivity index (χ4v) is 0.976. The van der Waals surface area contributed by atoms with Gasteiger partial charge in [-0.1, -0.05) is 22.0 Å². The van der Waals surface area contributed by atoms with Crippen LogP contribution in [-0.4, -0.2) is 23.7 Å². The molecule has 0 N–H and O–H groups in total. The summed E-state index contributed by atoms with van der Waals surface area (Å²) in [5, 5.41) is 0.144. The maximum absolute atomic E-state index is 11.0. The van der Waals surface area contributed by atoms with Crippen molar-refractivity contribution in [2.45, 2.75) is 13.8 Å². The Kier molecular flexibility index (Phi) is 5.62. The second-order valence-corrected chi connectivity index (χ2v) is 2.54. The van der Waals surface area contributed by atoms with E-state index >= 15 is 0 Å².